The van der Waals surface area contributed by atoms with Gasteiger partial charge in [-0.2, -0.15) is 5.10 Å². The number of thioether (sulfide) groups is 1. The first-order valence-corrected chi connectivity index (χ1v) is 9.64. The van der Waals surface area contributed by atoms with Gasteiger partial charge in [0.05, 0.1) is 24.9 Å². The molecule has 1 amide bonds. The number of amides is 1. The molecule has 0 N–H and O–H groups in total. The van der Waals surface area contributed by atoms with Crippen LogP contribution in [0.15, 0.2) is 30.3 Å². The molecule has 1 aliphatic rings. The molecule has 0 spiro atoms. The molecule has 0 aliphatic carbocycles. The van der Waals surface area contributed by atoms with E-state index < -0.39 is 0 Å². The smallest absolute Gasteiger partial charge is 0.320 e. The van der Waals surface area contributed by atoms with Crippen molar-refractivity contribution in [1.29, 1.82) is 0 Å². The maximum absolute atomic E-state index is 12.8. The fraction of sp³-hybridized carbons (Fsp3) is 0.421. The van der Waals surface area contributed by atoms with Crippen LogP contribution < -0.4 is 0 Å². The van der Waals surface area contributed by atoms with Gasteiger partial charge < -0.3 is 9.64 Å². The van der Waals surface area contributed by atoms with Gasteiger partial charge in [0, 0.05) is 30.1 Å². The van der Waals surface area contributed by atoms with Crippen LogP contribution in [-0.2, 0) is 20.7 Å². The summed E-state index contributed by atoms with van der Waals surface area (Å²) in [5.41, 5.74) is 3.76. The Morgan fingerprint density at radius 1 is 1.27 bits per heavy atom. The second-order valence-corrected chi connectivity index (χ2v) is 7.61. The molecule has 26 heavy (non-hydrogen) atoms. The zero-order valence-electron chi connectivity index (χ0n) is 15.3. The lowest BCUT2D eigenvalue weighted by molar-refractivity contribution is -0.141. The van der Waals surface area contributed by atoms with Crippen molar-refractivity contribution in [2.24, 2.45) is 0 Å². The lowest BCUT2D eigenvalue weighted by atomic mass is 10.1. The molecule has 1 atom stereocenters. The van der Waals surface area contributed by atoms with Crippen molar-refractivity contribution in [3.05, 3.63) is 47.3 Å². The number of carbonyl (C=O) groups excluding carboxylic acids is 2. The number of aromatic nitrogens is 2. The van der Waals surface area contributed by atoms with Crippen LogP contribution in [-0.4, -0.2) is 57.8 Å². The molecule has 2 aromatic rings. The van der Waals surface area contributed by atoms with E-state index in [0.29, 0.717) is 19.5 Å². The van der Waals surface area contributed by atoms with Gasteiger partial charge in [-0.05, 0) is 26.0 Å². The van der Waals surface area contributed by atoms with E-state index in [1.807, 2.05) is 48.9 Å². The Morgan fingerprint density at radius 3 is 2.69 bits per heavy atom. The summed E-state index contributed by atoms with van der Waals surface area (Å²) in [6.07, 6.45) is 0.295. The molecular formula is C19H23N3O3S. The van der Waals surface area contributed by atoms with Gasteiger partial charge in [0.2, 0.25) is 5.91 Å². The molecule has 1 saturated heterocycles. The van der Waals surface area contributed by atoms with E-state index in [1.54, 1.807) is 16.7 Å². The quantitative estimate of drug-likeness (QED) is 0.769. The zero-order chi connectivity index (χ0) is 18.7. The molecule has 0 radical (unpaired) electrons. The lowest BCUT2D eigenvalue weighted by Gasteiger charge is -2.31. The third-order valence-corrected chi connectivity index (χ3v) is 5.82. The van der Waals surface area contributed by atoms with Crippen molar-refractivity contribution in [2.45, 2.75) is 25.5 Å². The van der Waals surface area contributed by atoms with Gasteiger partial charge in [-0.15, -0.1) is 11.8 Å². The van der Waals surface area contributed by atoms with Gasteiger partial charge >= 0.3 is 5.97 Å². The number of hydrogen-bond donors (Lipinski definition) is 0. The highest BCUT2D eigenvalue weighted by Gasteiger charge is 2.30. The van der Waals surface area contributed by atoms with Crippen LogP contribution >= 0.6 is 11.8 Å². The van der Waals surface area contributed by atoms with Crippen molar-refractivity contribution in [3.8, 4) is 5.69 Å². The number of esters is 1. The average molecular weight is 373 g/mol. The minimum Gasteiger partial charge on any atom is -0.468 e. The summed E-state index contributed by atoms with van der Waals surface area (Å²) >= 11 is 1.55. The first-order valence-electron chi connectivity index (χ1n) is 8.59. The highest BCUT2D eigenvalue weighted by Crippen LogP contribution is 2.23. The van der Waals surface area contributed by atoms with Crippen LogP contribution in [0, 0.1) is 13.8 Å². The van der Waals surface area contributed by atoms with Gasteiger partial charge in [-0.25, -0.2) is 4.68 Å². The molecule has 1 aromatic heterocycles. The Morgan fingerprint density at radius 2 is 2.00 bits per heavy atom. The van der Waals surface area contributed by atoms with Gasteiger partial charge in [-0.1, -0.05) is 18.2 Å². The number of hydrogen-bond acceptors (Lipinski definition) is 5. The molecule has 0 saturated carbocycles. The lowest BCUT2D eigenvalue weighted by Crippen LogP contribution is -2.45. The largest absolute Gasteiger partial charge is 0.468 e. The molecule has 1 aromatic carbocycles. The monoisotopic (exact) mass is 373 g/mol. The molecule has 0 unspecified atom stereocenters. The minimum atomic E-state index is -0.299. The van der Waals surface area contributed by atoms with Crippen LogP contribution in [0.4, 0.5) is 0 Å². The summed E-state index contributed by atoms with van der Waals surface area (Å²) in [6, 6.07) is 9.89. The van der Waals surface area contributed by atoms with Gasteiger partial charge in [0.1, 0.15) is 5.25 Å². The van der Waals surface area contributed by atoms with E-state index in [9.17, 15) is 9.59 Å². The summed E-state index contributed by atoms with van der Waals surface area (Å²) in [7, 11) is 1.38. The molecule has 6 nitrogen and oxygen atoms in total. The van der Waals surface area contributed by atoms with Gasteiger partial charge in [0.25, 0.3) is 0 Å². The van der Waals surface area contributed by atoms with Crippen molar-refractivity contribution in [2.75, 3.05) is 26.0 Å². The summed E-state index contributed by atoms with van der Waals surface area (Å²) in [5.74, 6) is 0.502. The molecule has 2 heterocycles. The standard InChI is InChI=1S/C19H23N3O3S/c1-13-16(14(2)22(20-13)15-7-5-4-6-8-15)11-18(23)21-9-10-26-17(12-21)19(24)25-3/h4-8,17H,9-12H2,1-3H3/t17-/m0/s1. The fourth-order valence-corrected chi connectivity index (χ4v) is 4.29. The van der Waals surface area contributed by atoms with Crippen LogP contribution in [0.5, 0.6) is 0 Å². The maximum atomic E-state index is 12.8. The molecule has 0 bridgehead atoms. The second-order valence-electron chi connectivity index (χ2n) is 6.30. The Bertz CT molecular complexity index is 804. The van der Waals surface area contributed by atoms with Crippen LogP contribution in [0.1, 0.15) is 17.0 Å². The number of carbonyl (C=O) groups is 2. The van der Waals surface area contributed by atoms with Gasteiger partial charge in [0.15, 0.2) is 0 Å². The number of benzene rings is 1. The zero-order valence-corrected chi connectivity index (χ0v) is 16.1. The molecular weight excluding hydrogens is 350 g/mol. The summed E-state index contributed by atoms with van der Waals surface area (Å²) in [4.78, 5) is 26.3. The number of rotatable bonds is 4. The topological polar surface area (TPSA) is 64.4 Å². The third kappa shape index (κ3) is 3.77. The molecule has 1 aliphatic heterocycles. The van der Waals surface area contributed by atoms with E-state index in [1.165, 1.54) is 7.11 Å². The summed E-state index contributed by atoms with van der Waals surface area (Å²) < 4.78 is 6.69. The summed E-state index contributed by atoms with van der Waals surface area (Å²) in [5, 5.41) is 4.30. The highest BCUT2D eigenvalue weighted by molar-refractivity contribution is 8.00. The van der Waals surface area contributed by atoms with E-state index in [4.69, 9.17) is 4.74 Å². The Kier molecular flexibility index (Phi) is 5.66. The van der Waals surface area contributed by atoms with Crippen LogP contribution in [0.25, 0.3) is 5.69 Å². The van der Waals surface area contributed by atoms with Crippen molar-refractivity contribution in [1.82, 2.24) is 14.7 Å². The predicted octanol–water partition coefficient (Wildman–Crippen LogP) is 2.15. The van der Waals surface area contributed by atoms with Crippen molar-refractivity contribution >= 4 is 23.6 Å². The van der Waals surface area contributed by atoms with Crippen molar-refractivity contribution in [3.63, 3.8) is 0 Å². The molecule has 3 rings (SSSR count). The third-order valence-electron chi connectivity index (χ3n) is 4.65. The first-order chi connectivity index (χ1) is 12.5. The Labute approximate surface area is 157 Å². The second kappa shape index (κ2) is 7.95. The SMILES string of the molecule is COC(=O)[C@@H]1CN(C(=O)Cc2c(C)nn(-c3ccccc3)c2C)CCS1. The van der Waals surface area contributed by atoms with Crippen LogP contribution in [0.3, 0.4) is 0 Å². The molecule has 7 heteroatoms. The normalized spacial score (nSPS) is 17.2. The average Bonchev–Trinajstić information content (AvgIpc) is 2.96. The highest BCUT2D eigenvalue weighted by atomic mass is 32.2. The number of methoxy groups -OCH3 is 1. The first kappa shape index (κ1) is 18.5. The molecule has 138 valence electrons. The van der Waals surface area contributed by atoms with E-state index in [2.05, 4.69) is 5.10 Å². The summed E-state index contributed by atoms with van der Waals surface area (Å²) in [6.45, 7) is 4.97. The Balaban J connectivity index is 1.76. The Hall–Kier alpha value is -2.28. The number of nitrogens with zero attached hydrogens (tertiary/aromatic N) is 3. The number of aryl methyl sites for hydroxylation is 1. The number of para-hydroxylation sites is 1. The maximum Gasteiger partial charge on any atom is 0.320 e. The van der Waals surface area contributed by atoms with Crippen molar-refractivity contribution < 1.29 is 14.3 Å². The van der Waals surface area contributed by atoms with E-state index in [0.717, 1.165) is 28.4 Å². The van der Waals surface area contributed by atoms with E-state index in [-0.39, 0.29) is 17.1 Å². The predicted molar refractivity (Wildman–Crippen MR) is 102 cm³/mol. The number of ether oxygens (including phenoxy) is 1. The molecule has 1 fully saturated rings. The van der Waals surface area contributed by atoms with Gasteiger partial charge in [-0.3, -0.25) is 9.59 Å². The fourth-order valence-electron chi connectivity index (χ4n) is 3.16. The minimum absolute atomic E-state index is 0.0259. The van der Waals surface area contributed by atoms with Crippen LogP contribution in [0.2, 0.25) is 0 Å². The van der Waals surface area contributed by atoms with E-state index >= 15 is 0 Å².